The molecule has 2 rings (SSSR count). The summed E-state index contributed by atoms with van der Waals surface area (Å²) in [4.78, 5) is 0. The molecule has 2 nitrogen and oxygen atoms in total. The third-order valence-corrected chi connectivity index (χ3v) is 3.78. The van der Waals surface area contributed by atoms with Gasteiger partial charge in [-0.1, -0.05) is 13.8 Å². The van der Waals surface area contributed by atoms with E-state index in [1.165, 1.54) is 12.1 Å². The van der Waals surface area contributed by atoms with E-state index in [0.29, 0.717) is 0 Å². The number of hydrogen-bond donors (Lipinski definition) is 1. The average Bonchev–Trinajstić information content (AvgIpc) is 2.28. The molecule has 1 aliphatic rings. The van der Waals surface area contributed by atoms with Crippen molar-refractivity contribution in [2.24, 2.45) is 11.1 Å². The van der Waals surface area contributed by atoms with Crippen molar-refractivity contribution in [1.82, 2.24) is 0 Å². The van der Waals surface area contributed by atoms with Gasteiger partial charge in [0.1, 0.15) is 11.9 Å². The Balaban J connectivity index is 2.13. The van der Waals surface area contributed by atoms with Crippen molar-refractivity contribution in [3.8, 4) is 5.75 Å². The van der Waals surface area contributed by atoms with Crippen LogP contribution in [0.5, 0.6) is 5.75 Å². The summed E-state index contributed by atoms with van der Waals surface area (Å²) in [5.74, 6) is -1.20. The van der Waals surface area contributed by atoms with E-state index in [0.717, 1.165) is 25.3 Å². The summed E-state index contributed by atoms with van der Waals surface area (Å²) in [6.07, 6.45) is 2.64. The third kappa shape index (κ3) is 2.64. The van der Waals surface area contributed by atoms with Crippen LogP contribution < -0.4 is 10.5 Å². The second-order valence-corrected chi connectivity index (χ2v) is 5.64. The molecule has 2 unspecified atom stereocenters. The molecule has 0 saturated heterocycles. The van der Waals surface area contributed by atoms with Crippen molar-refractivity contribution in [3.05, 3.63) is 29.8 Å². The van der Waals surface area contributed by atoms with E-state index in [2.05, 4.69) is 13.8 Å². The minimum Gasteiger partial charge on any atom is -0.486 e. The van der Waals surface area contributed by atoms with Crippen molar-refractivity contribution in [2.75, 3.05) is 0 Å². The number of halogens is 2. The highest BCUT2D eigenvalue weighted by molar-refractivity contribution is 5.25. The highest BCUT2D eigenvalue weighted by Gasteiger charge is 2.38. The first-order chi connectivity index (χ1) is 8.40. The molecule has 0 aliphatic heterocycles. The highest BCUT2D eigenvalue weighted by Crippen LogP contribution is 2.36. The van der Waals surface area contributed by atoms with Crippen molar-refractivity contribution in [2.45, 2.75) is 45.3 Å². The van der Waals surface area contributed by atoms with Gasteiger partial charge in [0.05, 0.1) is 0 Å². The third-order valence-electron chi connectivity index (χ3n) is 3.78. The van der Waals surface area contributed by atoms with Gasteiger partial charge in [0.2, 0.25) is 0 Å². The molecule has 1 aromatic rings. The normalized spacial score (nSPS) is 26.9. The fraction of sp³-hybridized carbons (Fsp3) is 0.571. The van der Waals surface area contributed by atoms with Gasteiger partial charge in [-0.15, -0.1) is 0 Å². The number of ether oxygens (including phenoxy) is 1. The zero-order chi connectivity index (χ0) is 13.3. The zero-order valence-electron chi connectivity index (χ0n) is 10.7. The van der Waals surface area contributed by atoms with Gasteiger partial charge in [-0.2, -0.15) is 0 Å². The van der Waals surface area contributed by atoms with Crippen LogP contribution in [0.25, 0.3) is 0 Å². The molecule has 100 valence electrons. The zero-order valence-corrected chi connectivity index (χ0v) is 10.7. The molecule has 0 spiro atoms. The Bertz CT molecular complexity index is 434. The predicted octanol–water partition coefficient (Wildman–Crippen LogP) is 3.25. The molecule has 0 radical (unpaired) electrons. The van der Waals surface area contributed by atoms with Gasteiger partial charge in [-0.25, -0.2) is 8.78 Å². The first kappa shape index (κ1) is 13.3. The van der Waals surface area contributed by atoms with Crippen LogP contribution in [0, 0.1) is 17.0 Å². The second kappa shape index (κ2) is 4.84. The molecular formula is C14H19F2NO. The lowest BCUT2D eigenvalue weighted by Gasteiger charge is -2.41. The van der Waals surface area contributed by atoms with Gasteiger partial charge in [0, 0.05) is 12.1 Å². The maximum absolute atomic E-state index is 13.5. The monoisotopic (exact) mass is 255 g/mol. The summed E-state index contributed by atoms with van der Waals surface area (Å²) in [6, 6.07) is 3.20. The van der Waals surface area contributed by atoms with E-state index in [9.17, 15) is 8.78 Å². The van der Waals surface area contributed by atoms with Crippen molar-refractivity contribution < 1.29 is 13.5 Å². The number of nitrogens with two attached hydrogens (primary N) is 1. The highest BCUT2D eigenvalue weighted by atomic mass is 19.1. The molecule has 18 heavy (non-hydrogen) atoms. The molecule has 1 aromatic carbocycles. The smallest absolute Gasteiger partial charge is 0.167 e. The van der Waals surface area contributed by atoms with Crippen molar-refractivity contribution >= 4 is 0 Å². The largest absolute Gasteiger partial charge is 0.486 e. The maximum Gasteiger partial charge on any atom is 0.167 e. The summed E-state index contributed by atoms with van der Waals surface area (Å²) in [7, 11) is 0. The summed E-state index contributed by atoms with van der Waals surface area (Å²) in [5.41, 5.74) is 6.15. The van der Waals surface area contributed by atoms with Crippen LogP contribution in [-0.2, 0) is 0 Å². The fourth-order valence-electron chi connectivity index (χ4n) is 2.47. The fourth-order valence-corrected chi connectivity index (χ4v) is 2.47. The number of rotatable bonds is 2. The summed E-state index contributed by atoms with van der Waals surface area (Å²) >= 11 is 0. The van der Waals surface area contributed by atoms with E-state index in [1.807, 2.05) is 0 Å². The van der Waals surface area contributed by atoms with E-state index in [1.54, 1.807) is 0 Å². The van der Waals surface area contributed by atoms with Crippen molar-refractivity contribution in [1.29, 1.82) is 0 Å². The first-order valence-corrected chi connectivity index (χ1v) is 6.27. The van der Waals surface area contributed by atoms with Crippen LogP contribution in [0.1, 0.15) is 33.1 Å². The molecule has 2 atom stereocenters. The first-order valence-electron chi connectivity index (χ1n) is 6.27. The Morgan fingerprint density at radius 3 is 2.72 bits per heavy atom. The lowest BCUT2D eigenvalue weighted by atomic mass is 9.72. The van der Waals surface area contributed by atoms with Crippen LogP contribution in [-0.4, -0.2) is 12.1 Å². The molecule has 1 fully saturated rings. The van der Waals surface area contributed by atoms with Crippen LogP contribution in [0.4, 0.5) is 8.78 Å². The Hall–Kier alpha value is -1.16. The quantitative estimate of drug-likeness (QED) is 0.880. The van der Waals surface area contributed by atoms with Crippen LogP contribution in [0.15, 0.2) is 18.2 Å². The van der Waals surface area contributed by atoms with E-state index in [-0.39, 0.29) is 23.3 Å². The Morgan fingerprint density at radius 2 is 2.06 bits per heavy atom. The standard InChI is InChI=1S/C14H19F2NO/c1-14(2)7-3-4-12(13(14)17)18-11-6-5-9(15)8-10(11)16/h5-6,8,12-13H,3-4,7,17H2,1-2H3. The average molecular weight is 255 g/mol. The molecule has 2 N–H and O–H groups in total. The lowest BCUT2D eigenvalue weighted by Crippen LogP contribution is -2.52. The topological polar surface area (TPSA) is 35.2 Å². The van der Waals surface area contributed by atoms with Gasteiger partial charge in [-0.05, 0) is 36.8 Å². The lowest BCUT2D eigenvalue weighted by molar-refractivity contribution is 0.0539. The van der Waals surface area contributed by atoms with Crippen LogP contribution in [0.3, 0.4) is 0 Å². The van der Waals surface area contributed by atoms with Gasteiger partial charge in [0.15, 0.2) is 11.6 Å². The van der Waals surface area contributed by atoms with Gasteiger partial charge >= 0.3 is 0 Å². The number of hydrogen-bond acceptors (Lipinski definition) is 2. The van der Waals surface area contributed by atoms with E-state index >= 15 is 0 Å². The molecule has 0 bridgehead atoms. The van der Waals surface area contributed by atoms with Crippen molar-refractivity contribution in [3.63, 3.8) is 0 Å². The summed E-state index contributed by atoms with van der Waals surface area (Å²) < 4.78 is 31.9. The van der Waals surface area contributed by atoms with Gasteiger partial charge in [0.25, 0.3) is 0 Å². The van der Waals surface area contributed by atoms with Gasteiger partial charge in [-0.3, -0.25) is 0 Å². The Labute approximate surface area is 106 Å². The Kier molecular flexibility index (Phi) is 3.57. The minimum atomic E-state index is -0.675. The molecule has 0 aromatic heterocycles. The molecule has 0 heterocycles. The van der Waals surface area contributed by atoms with Crippen LogP contribution in [0.2, 0.25) is 0 Å². The molecule has 1 aliphatic carbocycles. The SMILES string of the molecule is CC1(C)CCCC(Oc2ccc(F)cc2F)C1N. The summed E-state index contributed by atoms with van der Waals surface area (Å²) in [5, 5.41) is 0. The predicted molar refractivity (Wildman–Crippen MR) is 66.4 cm³/mol. The Morgan fingerprint density at radius 1 is 1.33 bits per heavy atom. The summed E-state index contributed by atoms with van der Waals surface area (Å²) in [6.45, 7) is 4.18. The van der Waals surface area contributed by atoms with E-state index in [4.69, 9.17) is 10.5 Å². The molecule has 0 amide bonds. The van der Waals surface area contributed by atoms with E-state index < -0.39 is 11.6 Å². The molecule has 1 saturated carbocycles. The second-order valence-electron chi connectivity index (χ2n) is 5.64. The molecule has 4 heteroatoms. The van der Waals surface area contributed by atoms with Gasteiger partial charge < -0.3 is 10.5 Å². The van der Waals surface area contributed by atoms with Crippen LogP contribution >= 0.6 is 0 Å². The minimum absolute atomic E-state index is 0.0145. The maximum atomic E-state index is 13.5. The molecular weight excluding hydrogens is 236 g/mol. The number of benzene rings is 1.